The zero-order chi connectivity index (χ0) is 15.8. The third kappa shape index (κ3) is 2.85. The van der Waals surface area contributed by atoms with E-state index in [9.17, 15) is 0 Å². The van der Waals surface area contributed by atoms with Crippen molar-refractivity contribution in [2.45, 2.75) is 12.0 Å². The molecule has 0 bridgehead atoms. The van der Waals surface area contributed by atoms with E-state index in [4.69, 9.17) is 23.2 Å². The Morgan fingerprint density at radius 3 is 1.96 bits per heavy atom. The van der Waals surface area contributed by atoms with Crippen LogP contribution >= 0.6 is 23.2 Å². The standard InChI is InChI=1S/C20H15Cl2Si/c21-16-10-8-14-6-7-15-9-11-17(22)13-20(15)23(19(14)12-16)18-4-2-1-3-5-18/h1-4,6-13,18H,5H2. The smallest absolute Gasteiger partial charge is 0.0843 e. The third-order valence-corrected chi connectivity index (χ3v) is 8.07. The molecule has 1 aliphatic heterocycles. The molecule has 0 saturated heterocycles. The predicted octanol–water partition coefficient (Wildman–Crippen LogP) is 4.97. The van der Waals surface area contributed by atoms with Gasteiger partial charge in [-0.05, 0) is 57.7 Å². The molecule has 1 atom stereocenters. The fourth-order valence-corrected chi connectivity index (χ4v) is 7.20. The topological polar surface area (TPSA) is 0 Å². The zero-order valence-electron chi connectivity index (χ0n) is 12.5. The summed E-state index contributed by atoms with van der Waals surface area (Å²) >= 11 is 12.7. The fourth-order valence-electron chi connectivity index (χ4n) is 3.33. The van der Waals surface area contributed by atoms with Gasteiger partial charge < -0.3 is 0 Å². The Morgan fingerprint density at radius 1 is 0.826 bits per heavy atom. The number of fused-ring (bicyclic) bond motifs is 2. The van der Waals surface area contributed by atoms with Gasteiger partial charge in [0.2, 0.25) is 0 Å². The van der Waals surface area contributed by atoms with Crippen molar-refractivity contribution in [3.63, 3.8) is 0 Å². The van der Waals surface area contributed by atoms with E-state index in [1.165, 1.54) is 21.5 Å². The molecule has 4 rings (SSSR count). The summed E-state index contributed by atoms with van der Waals surface area (Å²) in [6, 6.07) is 12.5. The maximum absolute atomic E-state index is 6.33. The summed E-state index contributed by atoms with van der Waals surface area (Å²) in [5.74, 6) is 0. The van der Waals surface area contributed by atoms with Crippen molar-refractivity contribution >= 4 is 54.5 Å². The Kier molecular flexibility index (Phi) is 4.02. The minimum Gasteiger partial charge on any atom is -0.0843 e. The Morgan fingerprint density at radius 2 is 1.43 bits per heavy atom. The number of rotatable bonds is 1. The van der Waals surface area contributed by atoms with Crippen molar-refractivity contribution < 1.29 is 0 Å². The third-order valence-electron chi connectivity index (χ3n) is 4.40. The molecule has 0 spiro atoms. The molecule has 0 saturated carbocycles. The van der Waals surface area contributed by atoms with Crippen molar-refractivity contribution in [2.75, 3.05) is 0 Å². The first-order valence-corrected chi connectivity index (χ1v) is 10.0. The average Bonchev–Trinajstić information content (AvgIpc) is 2.71. The minimum absolute atomic E-state index is 0.513. The summed E-state index contributed by atoms with van der Waals surface area (Å²) in [7, 11) is -1.01. The van der Waals surface area contributed by atoms with E-state index in [0.717, 1.165) is 16.5 Å². The van der Waals surface area contributed by atoms with E-state index in [2.05, 4.69) is 60.7 Å². The Balaban J connectivity index is 1.96. The molecule has 0 fully saturated rings. The second kappa shape index (κ2) is 6.16. The summed E-state index contributed by atoms with van der Waals surface area (Å²) in [5.41, 5.74) is 3.07. The minimum atomic E-state index is -1.01. The highest BCUT2D eigenvalue weighted by Gasteiger charge is 2.30. The van der Waals surface area contributed by atoms with Gasteiger partial charge in [-0.3, -0.25) is 0 Å². The largest absolute Gasteiger partial charge is 0.130 e. The van der Waals surface area contributed by atoms with Gasteiger partial charge in [0.05, 0.1) is 0 Å². The second-order valence-corrected chi connectivity index (χ2v) is 9.38. The SMILES string of the molecule is Clc1ccc2c(c1)[Si](C1C=CC=CC1)c1cc(Cl)ccc1C=C2. The van der Waals surface area contributed by atoms with Crippen LogP contribution in [0, 0.1) is 0 Å². The predicted molar refractivity (Wildman–Crippen MR) is 104 cm³/mol. The van der Waals surface area contributed by atoms with Crippen LogP contribution < -0.4 is 10.4 Å². The van der Waals surface area contributed by atoms with Gasteiger partial charge in [-0.1, -0.05) is 71.8 Å². The first kappa shape index (κ1) is 15.0. The monoisotopic (exact) mass is 353 g/mol. The molecule has 0 nitrogen and oxygen atoms in total. The molecule has 113 valence electrons. The van der Waals surface area contributed by atoms with Gasteiger partial charge >= 0.3 is 0 Å². The van der Waals surface area contributed by atoms with Gasteiger partial charge in [0, 0.05) is 10.0 Å². The van der Waals surface area contributed by atoms with E-state index in [0.29, 0.717) is 5.54 Å². The molecule has 0 amide bonds. The first-order valence-electron chi connectivity index (χ1n) is 7.70. The molecule has 2 aromatic rings. The quantitative estimate of drug-likeness (QED) is 0.634. The average molecular weight is 354 g/mol. The van der Waals surface area contributed by atoms with E-state index in [1.807, 2.05) is 12.1 Å². The Hall–Kier alpha value is -1.54. The first-order chi connectivity index (χ1) is 11.2. The van der Waals surface area contributed by atoms with Crippen LogP contribution in [0.5, 0.6) is 0 Å². The van der Waals surface area contributed by atoms with Crippen LogP contribution in [0.4, 0.5) is 0 Å². The second-order valence-electron chi connectivity index (χ2n) is 5.87. The lowest BCUT2D eigenvalue weighted by molar-refractivity contribution is 1.01. The highest BCUT2D eigenvalue weighted by atomic mass is 35.5. The maximum Gasteiger partial charge on any atom is 0.130 e. The van der Waals surface area contributed by atoms with Gasteiger partial charge in [-0.25, -0.2) is 0 Å². The summed E-state index contributed by atoms with van der Waals surface area (Å²) in [4.78, 5) is 0. The molecular weight excluding hydrogens is 339 g/mol. The molecule has 1 aliphatic carbocycles. The lowest BCUT2D eigenvalue weighted by Gasteiger charge is -2.26. The molecular formula is C20H15Cl2Si. The molecule has 1 heterocycles. The number of halogens is 2. The lowest BCUT2D eigenvalue weighted by atomic mass is 10.1. The molecule has 0 N–H and O–H groups in total. The van der Waals surface area contributed by atoms with Gasteiger partial charge in [0.15, 0.2) is 0 Å². The van der Waals surface area contributed by atoms with Crippen LogP contribution in [0.3, 0.4) is 0 Å². The highest BCUT2D eigenvalue weighted by molar-refractivity contribution is 6.88. The summed E-state index contributed by atoms with van der Waals surface area (Å²) in [6.45, 7) is 0. The Bertz CT molecular complexity index is 793. The van der Waals surface area contributed by atoms with Gasteiger partial charge in [-0.15, -0.1) is 0 Å². The summed E-state index contributed by atoms with van der Waals surface area (Å²) in [5, 5.41) is 4.37. The van der Waals surface area contributed by atoms with Crippen molar-refractivity contribution in [3.05, 3.63) is 81.9 Å². The Labute approximate surface area is 148 Å². The zero-order valence-corrected chi connectivity index (χ0v) is 15.0. The van der Waals surface area contributed by atoms with Crippen molar-refractivity contribution in [1.82, 2.24) is 0 Å². The molecule has 3 heteroatoms. The lowest BCUT2D eigenvalue weighted by Crippen LogP contribution is -2.47. The van der Waals surface area contributed by atoms with E-state index in [-0.39, 0.29) is 0 Å². The van der Waals surface area contributed by atoms with Crippen LogP contribution in [-0.2, 0) is 0 Å². The molecule has 2 aliphatic rings. The van der Waals surface area contributed by atoms with Crippen LogP contribution in [0.25, 0.3) is 12.2 Å². The molecule has 23 heavy (non-hydrogen) atoms. The summed E-state index contributed by atoms with van der Waals surface area (Å²) < 4.78 is 0. The fraction of sp³-hybridized carbons (Fsp3) is 0.100. The van der Waals surface area contributed by atoms with E-state index in [1.54, 1.807) is 0 Å². The van der Waals surface area contributed by atoms with Crippen LogP contribution in [0.1, 0.15) is 17.5 Å². The van der Waals surface area contributed by atoms with Crippen LogP contribution in [-0.4, -0.2) is 8.80 Å². The highest BCUT2D eigenvalue weighted by Crippen LogP contribution is 2.27. The van der Waals surface area contributed by atoms with Crippen molar-refractivity contribution in [1.29, 1.82) is 0 Å². The van der Waals surface area contributed by atoms with Crippen molar-refractivity contribution in [3.8, 4) is 0 Å². The molecule has 2 aromatic carbocycles. The summed E-state index contributed by atoms with van der Waals surface area (Å²) in [6.07, 6.45) is 14.4. The normalized spacial score (nSPS) is 19.3. The number of hydrogen-bond acceptors (Lipinski definition) is 0. The van der Waals surface area contributed by atoms with Crippen LogP contribution in [0.15, 0.2) is 60.7 Å². The maximum atomic E-state index is 6.33. The van der Waals surface area contributed by atoms with Gasteiger partial charge in [-0.2, -0.15) is 0 Å². The van der Waals surface area contributed by atoms with E-state index >= 15 is 0 Å². The van der Waals surface area contributed by atoms with Crippen molar-refractivity contribution in [2.24, 2.45) is 0 Å². The van der Waals surface area contributed by atoms with Gasteiger partial charge in [0.25, 0.3) is 0 Å². The van der Waals surface area contributed by atoms with E-state index < -0.39 is 8.80 Å². The van der Waals surface area contributed by atoms with Gasteiger partial charge in [0.1, 0.15) is 8.80 Å². The molecule has 1 radical (unpaired) electrons. The molecule has 1 unspecified atom stereocenters. The van der Waals surface area contributed by atoms with Crippen LogP contribution in [0.2, 0.25) is 15.6 Å². The number of benzene rings is 2. The number of hydrogen-bond donors (Lipinski definition) is 0. The number of allylic oxidation sites excluding steroid dienone is 4. The molecule has 0 aromatic heterocycles.